The number of nitrogens with one attached hydrogen (secondary N) is 2. The molecule has 0 bridgehead atoms. The summed E-state index contributed by atoms with van der Waals surface area (Å²) in [6.45, 7) is 0. The molecule has 2 aromatic heterocycles. The van der Waals surface area contributed by atoms with Crippen LogP contribution in [0.25, 0.3) is 11.2 Å². The number of nitrogen functional groups attached to an aromatic ring is 1. The summed E-state index contributed by atoms with van der Waals surface area (Å²) in [5.74, 6) is 0.506. The van der Waals surface area contributed by atoms with Crippen molar-refractivity contribution in [2.24, 2.45) is 0 Å². The van der Waals surface area contributed by atoms with E-state index >= 15 is 0 Å². The number of rotatable bonds is 4. The monoisotopic (exact) mass is 287 g/mol. The van der Waals surface area contributed by atoms with Gasteiger partial charge in [-0.2, -0.15) is 4.98 Å². The number of hydrogen-bond acceptors (Lipinski definition) is 4. The van der Waals surface area contributed by atoms with E-state index in [1.807, 2.05) is 0 Å². The number of H-pyrrole nitrogens is 2. The Morgan fingerprint density at radius 1 is 1.10 bits per heavy atom. The SMILES string of the molecule is Nc1nc2nc(CCCc3ccc(F)cc3)[nH]c2c(=O)[nH]1. The fourth-order valence-corrected chi connectivity index (χ4v) is 2.20. The van der Waals surface area contributed by atoms with E-state index in [4.69, 9.17) is 5.73 Å². The van der Waals surface area contributed by atoms with Crippen LogP contribution >= 0.6 is 0 Å². The highest BCUT2D eigenvalue weighted by atomic mass is 19.1. The predicted octanol–water partition coefficient (Wildman–Crippen LogP) is 1.54. The second-order valence-electron chi connectivity index (χ2n) is 4.81. The van der Waals surface area contributed by atoms with Gasteiger partial charge in [0.25, 0.3) is 5.56 Å². The standard InChI is InChI=1S/C14H14FN5O/c15-9-6-4-8(5-7-9)2-1-3-10-17-11-12(18-10)19-14(16)20-13(11)21/h4-7H,1-3H2,(H4,16,17,18,19,20,21). The van der Waals surface area contributed by atoms with E-state index in [2.05, 4.69) is 19.9 Å². The Labute approximate surface area is 119 Å². The van der Waals surface area contributed by atoms with Gasteiger partial charge in [0.15, 0.2) is 11.2 Å². The number of imidazole rings is 1. The van der Waals surface area contributed by atoms with Gasteiger partial charge >= 0.3 is 0 Å². The molecule has 108 valence electrons. The van der Waals surface area contributed by atoms with Crippen LogP contribution in [0.4, 0.5) is 10.3 Å². The molecule has 0 aliphatic heterocycles. The number of aromatic nitrogens is 4. The molecular formula is C14H14FN5O. The third kappa shape index (κ3) is 2.91. The number of aromatic amines is 2. The minimum absolute atomic E-state index is 0.0527. The zero-order chi connectivity index (χ0) is 14.8. The molecule has 6 nitrogen and oxygen atoms in total. The maximum absolute atomic E-state index is 12.8. The summed E-state index contributed by atoms with van der Waals surface area (Å²) < 4.78 is 12.8. The quantitative estimate of drug-likeness (QED) is 0.677. The molecule has 1 aromatic carbocycles. The van der Waals surface area contributed by atoms with Crippen LogP contribution in [-0.4, -0.2) is 19.9 Å². The second kappa shape index (κ2) is 5.35. The molecular weight excluding hydrogens is 273 g/mol. The summed E-state index contributed by atoms with van der Waals surface area (Å²) >= 11 is 0. The van der Waals surface area contributed by atoms with Crippen molar-refractivity contribution in [3.05, 3.63) is 51.8 Å². The van der Waals surface area contributed by atoms with Gasteiger partial charge in [0.05, 0.1) is 0 Å². The molecule has 0 unspecified atom stereocenters. The predicted molar refractivity (Wildman–Crippen MR) is 77.3 cm³/mol. The molecule has 0 atom stereocenters. The number of benzene rings is 1. The molecule has 2 heterocycles. The highest BCUT2D eigenvalue weighted by Crippen LogP contribution is 2.10. The molecule has 21 heavy (non-hydrogen) atoms. The Kier molecular flexibility index (Phi) is 3.39. The van der Waals surface area contributed by atoms with Gasteiger partial charge in [-0.15, -0.1) is 0 Å². The van der Waals surface area contributed by atoms with Crippen molar-refractivity contribution in [2.45, 2.75) is 19.3 Å². The Bertz CT molecular complexity index is 821. The van der Waals surface area contributed by atoms with Crippen LogP contribution in [0.15, 0.2) is 29.1 Å². The molecule has 0 aliphatic carbocycles. The maximum Gasteiger partial charge on any atom is 0.278 e. The minimum Gasteiger partial charge on any atom is -0.369 e. The first-order chi connectivity index (χ1) is 10.1. The highest BCUT2D eigenvalue weighted by Gasteiger charge is 2.08. The lowest BCUT2D eigenvalue weighted by molar-refractivity contribution is 0.626. The Hall–Kier alpha value is -2.70. The van der Waals surface area contributed by atoms with Crippen LogP contribution in [0.3, 0.4) is 0 Å². The van der Waals surface area contributed by atoms with Gasteiger partial charge in [-0.05, 0) is 30.5 Å². The summed E-state index contributed by atoms with van der Waals surface area (Å²) in [7, 11) is 0. The first-order valence-electron chi connectivity index (χ1n) is 6.60. The molecule has 0 saturated heterocycles. The van der Waals surface area contributed by atoms with Gasteiger partial charge in [-0.1, -0.05) is 12.1 Å². The average molecular weight is 287 g/mol. The van der Waals surface area contributed by atoms with Crippen molar-refractivity contribution < 1.29 is 4.39 Å². The lowest BCUT2D eigenvalue weighted by Crippen LogP contribution is -2.10. The lowest BCUT2D eigenvalue weighted by Gasteiger charge is -1.99. The van der Waals surface area contributed by atoms with Crippen molar-refractivity contribution in [2.75, 3.05) is 5.73 Å². The van der Waals surface area contributed by atoms with Gasteiger partial charge in [-0.25, -0.2) is 9.37 Å². The molecule has 0 aliphatic rings. The zero-order valence-electron chi connectivity index (χ0n) is 11.2. The number of hydrogen-bond donors (Lipinski definition) is 3. The van der Waals surface area contributed by atoms with E-state index in [1.54, 1.807) is 12.1 Å². The first kappa shape index (κ1) is 13.3. The molecule has 0 amide bonds. The molecule has 0 fully saturated rings. The number of nitrogens with two attached hydrogens (primary N) is 1. The fourth-order valence-electron chi connectivity index (χ4n) is 2.20. The number of fused-ring (bicyclic) bond motifs is 1. The topological polar surface area (TPSA) is 100 Å². The van der Waals surface area contributed by atoms with E-state index in [9.17, 15) is 9.18 Å². The minimum atomic E-state index is -0.324. The third-order valence-electron chi connectivity index (χ3n) is 3.22. The van der Waals surface area contributed by atoms with E-state index in [1.165, 1.54) is 12.1 Å². The summed E-state index contributed by atoms with van der Waals surface area (Å²) in [5, 5.41) is 0. The summed E-state index contributed by atoms with van der Waals surface area (Å²) in [4.78, 5) is 25.3. The molecule has 0 spiro atoms. The summed E-state index contributed by atoms with van der Waals surface area (Å²) in [5.41, 5.74) is 6.87. The van der Waals surface area contributed by atoms with Crippen molar-refractivity contribution in [1.82, 2.24) is 19.9 Å². The van der Waals surface area contributed by atoms with E-state index in [-0.39, 0.29) is 17.3 Å². The van der Waals surface area contributed by atoms with Crippen LogP contribution in [-0.2, 0) is 12.8 Å². The number of aryl methyl sites for hydroxylation is 2. The molecule has 0 saturated carbocycles. The summed E-state index contributed by atoms with van der Waals surface area (Å²) in [6.07, 6.45) is 2.31. The van der Waals surface area contributed by atoms with Crippen LogP contribution in [0.5, 0.6) is 0 Å². The van der Waals surface area contributed by atoms with Gasteiger partial charge in [0.2, 0.25) is 5.95 Å². The maximum atomic E-state index is 12.8. The molecule has 0 radical (unpaired) electrons. The van der Waals surface area contributed by atoms with Gasteiger partial charge in [0.1, 0.15) is 11.6 Å². The van der Waals surface area contributed by atoms with Crippen molar-refractivity contribution in [3.63, 3.8) is 0 Å². The fraction of sp³-hybridized carbons (Fsp3) is 0.214. The van der Waals surface area contributed by atoms with Crippen molar-refractivity contribution in [1.29, 1.82) is 0 Å². The van der Waals surface area contributed by atoms with Crippen LogP contribution in [0.1, 0.15) is 17.8 Å². The van der Waals surface area contributed by atoms with Gasteiger partial charge < -0.3 is 10.7 Å². The Morgan fingerprint density at radius 2 is 1.86 bits per heavy atom. The smallest absolute Gasteiger partial charge is 0.278 e. The van der Waals surface area contributed by atoms with E-state index in [0.29, 0.717) is 23.4 Å². The van der Waals surface area contributed by atoms with E-state index in [0.717, 1.165) is 18.4 Å². The van der Waals surface area contributed by atoms with E-state index < -0.39 is 0 Å². The Morgan fingerprint density at radius 3 is 2.62 bits per heavy atom. The molecule has 7 heteroatoms. The summed E-state index contributed by atoms with van der Waals surface area (Å²) in [6, 6.07) is 6.42. The lowest BCUT2D eigenvalue weighted by atomic mass is 10.1. The van der Waals surface area contributed by atoms with Crippen molar-refractivity contribution in [3.8, 4) is 0 Å². The molecule has 3 aromatic rings. The number of halogens is 1. The zero-order valence-corrected chi connectivity index (χ0v) is 11.2. The first-order valence-corrected chi connectivity index (χ1v) is 6.60. The third-order valence-corrected chi connectivity index (χ3v) is 3.22. The average Bonchev–Trinajstić information content (AvgIpc) is 2.84. The highest BCUT2D eigenvalue weighted by molar-refractivity contribution is 5.70. The second-order valence-corrected chi connectivity index (χ2v) is 4.81. The van der Waals surface area contributed by atoms with Crippen LogP contribution in [0, 0.1) is 5.82 Å². The number of nitrogens with zero attached hydrogens (tertiary/aromatic N) is 2. The largest absolute Gasteiger partial charge is 0.369 e. The molecule has 4 N–H and O–H groups in total. The van der Waals surface area contributed by atoms with Crippen molar-refractivity contribution >= 4 is 17.1 Å². The van der Waals surface area contributed by atoms with Crippen LogP contribution < -0.4 is 11.3 Å². The number of anilines is 1. The normalized spacial score (nSPS) is 11.1. The molecule has 3 rings (SSSR count). The van der Waals surface area contributed by atoms with Gasteiger partial charge in [0, 0.05) is 6.42 Å². The van der Waals surface area contributed by atoms with Crippen LogP contribution in [0.2, 0.25) is 0 Å². The Balaban J connectivity index is 1.69. The van der Waals surface area contributed by atoms with Gasteiger partial charge in [-0.3, -0.25) is 9.78 Å².